The van der Waals surface area contributed by atoms with E-state index in [1.54, 1.807) is 51.1 Å². The van der Waals surface area contributed by atoms with Gasteiger partial charge in [0.15, 0.2) is 5.60 Å². The summed E-state index contributed by atoms with van der Waals surface area (Å²) in [5, 5.41) is 6.53. The van der Waals surface area contributed by atoms with E-state index in [0.29, 0.717) is 33.0 Å². The number of nitrogens with one attached hydrogen (secondary N) is 3. The number of hydrogen-bond acceptors (Lipinski definition) is 6. The van der Waals surface area contributed by atoms with Crippen LogP contribution >= 0.6 is 23.2 Å². The Labute approximate surface area is 270 Å². The van der Waals surface area contributed by atoms with Crippen molar-refractivity contribution in [3.05, 3.63) is 92.7 Å². The number of carbonyl (C=O) groups is 3. The second-order valence-corrected chi connectivity index (χ2v) is 14.1. The Morgan fingerprint density at radius 3 is 2.38 bits per heavy atom. The van der Waals surface area contributed by atoms with Gasteiger partial charge in [0.2, 0.25) is 21.8 Å². The van der Waals surface area contributed by atoms with Crippen molar-refractivity contribution in [2.45, 2.75) is 63.0 Å². The molecule has 1 saturated heterocycles. The molecule has 45 heavy (non-hydrogen) atoms. The van der Waals surface area contributed by atoms with Gasteiger partial charge < -0.3 is 15.4 Å². The summed E-state index contributed by atoms with van der Waals surface area (Å²) in [7, 11) is -3.92. The standard InChI is InChI=1S/C32H32Cl2FN3O6S/c1-5-31(6-2,29(40)38-45(4,42)43)44-26-12-9-18(33)13-22(26)24-16-27(39)37-28(21-15-20(35)10-7-17(21)3)32(24)23-11-8-19(34)14-25(23)36-30(32)41/h7-15,24,28H,5-6,16H2,1-4H3,(H,36,41)(H,37,39)(H,38,40)/t24-,28+,32?/m1/s1. The van der Waals surface area contributed by atoms with Crippen LogP contribution in [0.1, 0.15) is 67.3 Å². The summed E-state index contributed by atoms with van der Waals surface area (Å²) in [5.74, 6) is -3.09. The summed E-state index contributed by atoms with van der Waals surface area (Å²) < 4.78 is 47.2. The Morgan fingerprint density at radius 2 is 1.71 bits per heavy atom. The van der Waals surface area contributed by atoms with E-state index >= 15 is 0 Å². The first-order valence-corrected chi connectivity index (χ1v) is 17.0. The van der Waals surface area contributed by atoms with E-state index in [4.69, 9.17) is 27.9 Å². The fourth-order valence-corrected chi connectivity index (χ4v) is 7.44. The van der Waals surface area contributed by atoms with Crippen LogP contribution in [0.5, 0.6) is 5.75 Å². The molecule has 1 spiro atoms. The highest BCUT2D eigenvalue weighted by molar-refractivity contribution is 7.89. The number of ether oxygens (including phenoxy) is 1. The lowest BCUT2D eigenvalue weighted by molar-refractivity contribution is -0.136. The third-order valence-corrected chi connectivity index (χ3v) is 9.82. The molecule has 1 unspecified atom stereocenters. The second-order valence-electron chi connectivity index (χ2n) is 11.5. The lowest BCUT2D eigenvalue weighted by Crippen LogP contribution is -2.57. The fraction of sp³-hybridized carbons (Fsp3) is 0.344. The van der Waals surface area contributed by atoms with Crippen LogP contribution in [0.25, 0.3) is 0 Å². The molecular formula is C32H32Cl2FN3O6S. The van der Waals surface area contributed by atoms with Gasteiger partial charge in [-0.05, 0) is 78.9 Å². The van der Waals surface area contributed by atoms with E-state index in [9.17, 15) is 27.2 Å². The van der Waals surface area contributed by atoms with Crippen LogP contribution in [-0.4, -0.2) is 38.0 Å². The van der Waals surface area contributed by atoms with Crippen LogP contribution < -0.4 is 20.1 Å². The van der Waals surface area contributed by atoms with Gasteiger partial charge in [0, 0.05) is 33.6 Å². The Morgan fingerprint density at radius 1 is 1.04 bits per heavy atom. The molecule has 9 nitrogen and oxygen atoms in total. The van der Waals surface area contributed by atoms with Gasteiger partial charge in [-0.15, -0.1) is 0 Å². The van der Waals surface area contributed by atoms with Crippen molar-refractivity contribution in [3.8, 4) is 5.75 Å². The molecule has 2 heterocycles. The molecule has 3 aromatic rings. The number of fused-ring (bicyclic) bond motifs is 2. The number of carbonyl (C=O) groups excluding carboxylic acids is 3. The van der Waals surface area contributed by atoms with Crippen molar-refractivity contribution in [2.75, 3.05) is 11.6 Å². The highest BCUT2D eigenvalue weighted by Crippen LogP contribution is 2.59. The third kappa shape index (κ3) is 5.77. The topological polar surface area (TPSA) is 131 Å². The number of halogens is 3. The molecule has 3 aromatic carbocycles. The second kappa shape index (κ2) is 11.9. The van der Waals surface area contributed by atoms with E-state index in [1.807, 2.05) is 4.72 Å². The molecule has 5 rings (SSSR count). The molecule has 0 saturated carbocycles. The van der Waals surface area contributed by atoms with Crippen LogP contribution in [0.15, 0.2) is 54.6 Å². The summed E-state index contributed by atoms with van der Waals surface area (Å²) in [5.41, 5.74) is -0.835. The Hall–Kier alpha value is -3.67. The first kappa shape index (κ1) is 32.7. The minimum absolute atomic E-state index is 0.0934. The maximum absolute atomic E-state index is 14.8. The number of piperidine rings is 1. The minimum Gasteiger partial charge on any atom is -0.477 e. The molecule has 0 bridgehead atoms. The van der Waals surface area contributed by atoms with E-state index in [-0.39, 0.29) is 30.0 Å². The number of aryl methyl sites for hydroxylation is 1. The number of hydrogen-bond donors (Lipinski definition) is 3. The zero-order valence-corrected chi connectivity index (χ0v) is 27.3. The van der Waals surface area contributed by atoms with Gasteiger partial charge in [-0.2, -0.15) is 0 Å². The van der Waals surface area contributed by atoms with Crippen molar-refractivity contribution in [1.82, 2.24) is 10.0 Å². The first-order valence-electron chi connectivity index (χ1n) is 14.3. The molecular weight excluding hydrogens is 644 g/mol. The first-order chi connectivity index (χ1) is 21.1. The number of rotatable bonds is 8. The Bertz CT molecular complexity index is 1830. The normalized spacial score (nSPS) is 21.2. The number of anilines is 1. The Kier molecular flexibility index (Phi) is 8.67. The molecule has 13 heteroatoms. The molecule has 238 valence electrons. The van der Waals surface area contributed by atoms with Gasteiger partial charge in [-0.25, -0.2) is 17.5 Å². The zero-order chi connectivity index (χ0) is 32.9. The third-order valence-electron chi connectivity index (χ3n) is 8.79. The lowest BCUT2D eigenvalue weighted by atomic mass is 9.59. The number of amides is 3. The molecule has 0 radical (unpaired) electrons. The van der Waals surface area contributed by atoms with E-state index in [1.165, 1.54) is 24.3 Å². The smallest absolute Gasteiger partial charge is 0.277 e. The largest absolute Gasteiger partial charge is 0.477 e. The molecule has 2 aliphatic rings. The highest BCUT2D eigenvalue weighted by atomic mass is 35.5. The molecule has 0 aliphatic carbocycles. The van der Waals surface area contributed by atoms with Crippen LogP contribution in [0, 0.1) is 12.7 Å². The van der Waals surface area contributed by atoms with E-state index in [0.717, 1.165) is 6.26 Å². The Balaban J connectivity index is 1.78. The molecule has 3 amide bonds. The van der Waals surface area contributed by atoms with Gasteiger partial charge in [-0.1, -0.05) is 49.2 Å². The van der Waals surface area contributed by atoms with Crippen LogP contribution in [-0.2, 0) is 29.8 Å². The summed E-state index contributed by atoms with van der Waals surface area (Å²) in [6.45, 7) is 5.13. The number of sulfonamides is 1. The number of benzene rings is 3. The van der Waals surface area contributed by atoms with Crippen LogP contribution in [0.3, 0.4) is 0 Å². The summed E-state index contributed by atoms with van der Waals surface area (Å²) in [4.78, 5) is 41.3. The van der Waals surface area contributed by atoms with Crippen molar-refractivity contribution in [2.24, 2.45) is 0 Å². The van der Waals surface area contributed by atoms with Gasteiger partial charge in [0.1, 0.15) is 17.0 Å². The summed E-state index contributed by atoms with van der Waals surface area (Å²) in [6, 6.07) is 12.7. The van der Waals surface area contributed by atoms with Crippen molar-refractivity contribution in [3.63, 3.8) is 0 Å². The maximum atomic E-state index is 14.8. The predicted molar refractivity (Wildman–Crippen MR) is 170 cm³/mol. The quantitative estimate of drug-likeness (QED) is 0.281. The average Bonchev–Trinajstić information content (AvgIpc) is 3.24. The van der Waals surface area contributed by atoms with Crippen LogP contribution in [0.4, 0.5) is 10.1 Å². The average molecular weight is 677 g/mol. The van der Waals surface area contributed by atoms with Gasteiger partial charge >= 0.3 is 0 Å². The monoisotopic (exact) mass is 675 g/mol. The van der Waals surface area contributed by atoms with E-state index < -0.39 is 56.5 Å². The van der Waals surface area contributed by atoms with Crippen LogP contribution in [0.2, 0.25) is 10.0 Å². The summed E-state index contributed by atoms with van der Waals surface area (Å²) in [6.07, 6.45) is 0.861. The van der Waals surface area contributed by atoms with Gasteiger partial charge in [0.25, 0.3) is 5.91 Å². The van der Waals surface area contributed by atoms with Crippen molar-refractivity contribution < 1.29 is 31.9 Å². The van der Waals surface area contributed by atoms with E-state index in [2.05, 4.69) is 10.6 Å². The maximum Gasteiger partial charge on any atom is 0.277 e. The minimum atomic E-state index is -3.92. The van der Waals surface area contributed by atoms with Crippen molar-refractivity contribution >= 4 is 56.6 Å². The molecule has 2 aliphatic heterocycles. The summed E-state index contributed by atoms with van der Waals surface area (Å²) >= 11 is 12.8. The zero-order valence-electron chi connectivity index (χ0n) is 25.0. The molecule has 3 atom stereocenters. The molecule has 0 aromatic heterocycles. The lowest BCUT2D eigenvalue weighted by Gasteiger charge is -2.47. The highest BCUT2D eigenvalue weighted by Gasteiger charge is 2.62. The molecule has 1 fully saturated rings. The van der Waals surface area contributed by atoms with Gasteiger partial charge in [-0.3, -0.25) is 14.4 Å². The SMILES string of the molecule is CCC(CC)(Oc1ccc(Cl)cc1[C@H]1CC(=O)N[C@@H](c2cc(F)ccc2C)C12C(=O)Nc1cc(Cl)ccc12)C(=O)NS(C)(=O)=O. The molecule has 3 N–H and O–H groups in total. The predicted octanol–water partition coefficient (Wildman–Crippen LogP) is 5.69. The fourth-order valence-electron chi connectivity index (χ4n) is 6.56. The van der Waals surface area contributed by atoms with Gasteiger partial charge in [0.05, 0.1) is 12.3 Å². The van der Waals surface area contributed by atoms with Crippen molar-refractivity contribution in [1.29, 1.82) is 0 Å².